The van der Waals surface area contributed by atoms with Crippen LogP contribution in [0, 0.1) is 23.2 Å². The third-order valence-electron chi connectivity index (χ3n) is 7.41. The molecule has 5 heteroatoms. The molecule has 138 valence electrons. The Morgan fingerprint density at radius 3 is 2.44 bits per heavy atom. The van der Waals surface area contributed by atoms with E-state index in [1.807, 2.05) is 6.92 Å². The fraction of sp³-hybridized carbons (Fsp3) is 0.850. The van der Waals surface area contributed by atoms with Crippen molar-refractivity contribution in [2.45, 2.75) is 64.3 Å². The smallest absolute Gasteiger partial charge is 0.306 e. The molecule has 25 heavy (non-hydrogen) atoms. The minimum Gasteiger partial charge on any atom is -0.481 e. The van der Waals surface area contributed by atoms with E-state index < -0.39 is 5.97 Å². The summed E-state index contributed by atoms with van der Waals surface area (Å²) in [6.07, 6.45) is 11.3. The Hall–Kier alpha value is -1.23. The lowest BCUT2D eigenvalue weighted by atomic mass is 9.56. The van der Waals surface area contributed by atoms with Gasteiger partial charge in [-0.1, -0.05) is 0 Å². The van der Waals surface area contributed by atoms with Gasteiger partial charge in [0.1, 0.15) is 5.84 Å². The Bertz CT molecular complexity index is 561. The first kappa shape index (κ1) is 17.2. The molecule has 0 bridgehead atoms. The van der Waals surface area contributed by atoms with Crippen LogP contribution in [-0.4, -0.2) is 53.7 Å². The molecule has 1 atom stereocenters. The fourth-order valence-electron chi connectivity index (χ4n) is 5.60. The molecule has 2 heterocycles. The molecule has 0 aromatic rings. The second kappa shape index (κ2) is 6.82. The number of likely N-dealkylation sites (tertiary alicyclic amines) is 1. The van der Waals surface area contributed by atoms with Crippen LogP contribution in [0.3, 0.4) is 0 Å². The average molecular weight is 345 g/mol. The Kier molecular flexibility index (Phi) is 4.69. The highest BCUT2D eigenvalue weighted by atomic mass is 16.4. The Morgan fingerprint density at radius 1 is 1.20 bits per heavy atom. The maximum absolute atomic E-state index is 11.1. The Labute approximate surface area is 150 Å². The first-order valence-corrected chi connectivity index (χ1v) is 10.1. The number of hydrogen-bond acceptors (Lipinski definition) is 4. The van der Waals surface area contributed by atoms with Crippen molar-refractivity contribution in [3.63, 3.8) is 0 Å². The van der Waals surface area contributed by atoms with Gasteiger partial charge in [0.15, 0.2) is 0 Å². The summed E-state index contributed by atoms with van der Waals surface area (Å²) >= 11 is 0. The number of carboxylic acid groups (broad SMARTS) is 1. The minimum atomic E-state index is -0.585. The van der Waals surface area contributed by atoms with E-state index in [0.717, 1.165) is 50.0 Å². The lowest BCUT2D eigenvalue weighted by Gasteiger charge is -2.55. The predicted molar refractivity (Wildman–Crippen MR) is 99.3 cm³/mol. The molecule has 2 aliphatic heterocycles. The van der Waals surface area contributed by atoms with E-state index in [0.29, 0.717) is 11.3 Å². The zero-order valence-electron chi connectivity index (χ0n) is 15.4. The normalized spacial score (nSPS) is 39.9. The minimum absolute atomic E-state index is 0.0797. The summed E-state index contributed by atoms with van der Waals surface area (Å²) in [5.41, 5.74) is 0.482. The van der Waals surface area contributed by atoms with Gasteiger partial charge in [0.25, 0.3) is 0 Å². The number of hydrogen-bond donors (Lipinski definition) is 1. The van der Waals surface area contributed by atoms with Gasteiger partial charge in [0.05, 0.1) is 5.92 Å². The molecule has 1 unspecified atom stereocenters. The Balaban J connectivity index is 1.21. The molecule has 0 amide bonds. The number of carboxylic acids is 1. The van der Waals surface area contributed by atoms with Crippen molar-refractivity contribution < 1.29 is 9.90 Å². The van der Waals surface area contributed by atoms with Crippen LogP contribution in [-0.2, 0) is 4.79 Å². The summed E-state index contributed by atoms with van der Waals surface area (Å²) in [5, 5.41) is 9.18. The highest BCUT2D eigenvalue weighted by Gasteiger charge is 2.49. The average Bonchev–Trinajstić information content (AvgIpc) is 2.60. The molecule has 2 saturated carbocycles. The van der Waals surface area contributed by atoms with Crippen LogP contribution in [0.4, 0.5) is 0 Å². The molecular weight excluding hydrogens is 314 g/mol. The SMILES string of the molecule is CC1=NCC(C2CCN(C3CC4(CCC(C(=O)O)CC4)C3)CC2)C=N1. The molecule has 1 saturated heterocycles. The van der Waals surface area contributed by atoms with Gasteiger partial charge in [0, 0.05) is 24.7 Å². The zero-order valence-corrected chi connectivity index (χ0v) is 15.4. The molecule has 1 spiro atoms. The lowest BCUT2D eigenvalue weighted by molar-refractivity contribution is -0.145. The lowest BCUT2D eigenvalue weighted by Crippen LogP contribution is -2.54. The molecule has 3 fully saturated rings. The van der Waals surface area contributed by atoms with Crippen LogP contribution in [0.15, 0.2) is 9.98 Å². The third kappa shape index (κ3) is 3.53. The summed E-state index contributed by atoms with van der Waals surface area (Å²) in [5.74, 6) is 1.55. The van der Waals surface area contributed by atoms with E-state index in [1.165, 1.54) is 38.8 Å². The summed E-state index contributed by atoms with van der Waals surface area (Å²) in [4.78, 5) is 22.8. The quantitative estimate of drug-likeness (QED) is 0.854. The van der Waals surface area contributed by atoms with Gasteiger partial charge < -0.3 is 10.0 Å². The van der Waals surface area contributed by atoms with Crippen LogP contribution in [0.1, 0.15) is 58.3 Å². The maximum Gasteiger partial charge on any atom is 0.306 e. The van der Waals surface area contributed by atoms with Crippen molar-refractivity contribution in [1.29, 1.82) is 0 Å². The first-order chi connectivity index (χ1) is 12.0. The predicted octanol–water partition coefficient (Wildman–Crippen LogP) is 3.24. The third-order valence-corrected chi connectivity index (χ3v) is 7.41. The van der Waals surface area contributed by atoms with Gasteiger partial charge in [-0.05, 0) is 82.7 Å². The summed E-state index contributed by atoms with van der Waals surface area (Å²) in [7, 11) is 0. The van der Waals surface area contributed by atoms with E-state index in [1.54, 1.807) is 0 Å². The molecule has 5 nitrogen and oxygen atoms in total. The van der Waals surface area contributed by atoms with Crippen molar-refractivity contribution in [3.8, 4) is 0 Å². The van der Waals surface area contributed by atoms with Crippen molar-refractivity contribution in [3.05, 3.63) is 0 Å². The number of aliphatic carboxylic acids is 1. The van der Waals surface area contributed by atoms with Crippen LogP contribution < -0.4 is 0 Å². The summed E-state index contributed by atoms with van der Waals surface area (Å²) < 4.78 is 0. The van der Waals surface area contributed by atoms with Crippen LogP contribution in [0.5, 0.6) is 0 Å². The standard InChI is InChI=1S/C20H31N3O2/c1-14-21-12-17(13-22-14)15-4-8-23(9-5-15)18-10-20(11-18)6-2-16(3-7-20)19(24)25/h12,15-18H,2-11,13H2,1H3,(H,24,25). The van der Waals surface area contributed by atoms with Gasteiger partial charge in [-0.3, -0.25) is 9.79 Å². The number of rotatable bonds is 3. The first-order valence-electron chi connectivity index (χ1n) is 10.1. The second-order valence-electron chi connectivity index (χ2n) is 8.88. The van der Waals surface area contributed by atoms with Crippen molar-refractivity contribution >= 4 is 18.0 Å². The largest absolute Gasteiger partial charge is 0.481 e. The van der Waals surface area contributed by atoms with E-state index in [9.17, 15) is 9.90 Å². The maximum atomic E-state index is 11.1. The van der Waals surface area contributed by atoms with Crippen molar-refractivity contribution in [2.24, 2.45) is 33.2 Å². The molecule has 0 aromatic heterocycles. The summed E-state index contributed by atoms with van der Waals surface area (Å²) in [6.45, 7) is 5.34. The van der Waals surface area contributed by atoms with Gasteiger partial charge in [-0.2, -0.15) is 0 Å². The highest BCUT2D eigenvalue weighted by Crippen LogP contribution is 2.54. The number of nitrogens with zero attached hydrogens (tertiary/aromatic N) is 3. The van der Waals surface area contributed by atoms with Gasteiger partial charge in [0.2, 0.25) is 0 Å². The topological polar surface area (TPSA) is 65.3 Å². The molecule has 4 aliphatic rings. The second-order valence-corrected chi connectivity index (χ2v) is 8.88. The van der Waals surface area contributed by atoms with E-state index >= 15 is 0 Å². The van der Waals surface area contributed by atoms with Crippen LogP contribution in [0.25, 0.3) is 0 Å². The van der Waals surface area contributed by atoms with E-state index in [4.69, 9.17) is 0 Å². The van der Waals surface area contributed by atoms with Gasteiger partial charge in [-0.15, -0.1) is 0 Å². The zero-order chi connectivity index (χ0) is 17.4. The van der Waals surface area contributed by atoms with Crippen LogP contribution in [0.2, 0.25) is 0 Å². The molecule has 4 rings (SSSR count). The van der Waals surface area contributed by atoms with Gasteiger partial charge >= 0.3 is 5.97 Å². The van der Waals surface area contributed by atoms with Gasteiger partial charge in [-0.25, -0.2) is 4.99 Å². The van der Waals surface area contributed by atoms with E-state index in [2.05, 4.69) is 21.1 Å². The molecule has 0 aromatic carbocycles. The number of piperidine rings is 1. The summed E-state index contributed by atoms with van der Waals surface area (Å²) in [6, 6.07) is 0.752. The molecule has 1 N–H and O–H groups in total. The monoisotopic (exact) mass is 345 g/mol. The molecule has 2 aliphatic carbocycles. The Morgan fingerprint density at radius 2 is 1.88 bits per heavy atom. The van der Waals surface area contributed by atoms with E-state index in [-0.39, 0.29) is 5.92 Å². The number of aliphatic imine (C=N–C) groups is 2. The molecule has 0 radical (unpaired) electrons. The number of amidine groups is 1. The molecular formula is C20H31N3O2. The van der Waals surface area contributed by atoms with Crippen molar-refractivity contribution in [2.75, 3.05) is 19.6 Å². The highest BCUT2D eigenvalue weighted by molar-refractivity contribution is 5.90. The fourth-order valence-corrected chi connectivity index (χ4v) is 5.60. The van der Waals surface area contributed by atoms with Crippen LogP contribution >= 0.6 is 0 Å². The van der Waals surface area contributed by atoms with Crippen molar-refractivity contribution in [1.82, 2.24) is 4.90 Å². The number of carbonyl (C=O) groups is 1.